The molecular weight excluding hydrogens is 384 g/mol. The van der Waals surface area contributed by atoms with Gasteiger partial charge in [-0.3, -0.25) is 0 Å². The van der Waals surface area contributed by atoms with E-state index in [2.05, 4.69) is 45.7 Å². The minimum Gasteiger partial charge on any atom is -0.361 e. The Morgan fingerprint density at radius 3 is 2.65 bits per heavy atom. The second-order valence-corrected chi connectivity index (χ2v) is 8.59. The highest BCUT2D eigenvalue weighted by atomic mass is 16.2. The number of carbonyl (C=O) groups excluding carboxylic acids is 1. The van der Waals surface area contributed by atoms with Crippen LogP contribution in [0.25, 0.3) is 16.5 Å². The molecule has 2 aliphatic heterocycles. The van der Waals surface area contributed by atoms with Crippen LogP contribution in [0.4, 0.5) is 10.5 Å². The summed E-state index contributed by atoms with van der Waals surface area (Å²) in [6.07, 6.45) is 9.03. The number of benzene rings is 2. The summed E-state index contributed by atoms with van der Waals surface area (Å²) in [5, 5.41) is 4.32. The minimum atomic E-state index is -0.0354. The van der Waals surface area contributed by atoms with Crippen molar-refractivity contribution < 1.29 is 4.79 Å². The first kappa shape index (κ1) is 19.9. The number of aromatic nitrogens is 1. The molecule has 2 N–H and O–H groups in total. The second-order valence-electron chi connectivity index (χ2n) is 8.59. The fourth-order valence-electron chi connectivity index (χ4n) is 4.71. The van der Waals surface area contributed by atoms with Gasteiger partial charge in [-0.25, -0.2) is 4.79 Å². The third-order valence-electron chi connectivity index (χ3n) is 6.56. The van der Waals surface area contributed by atoms with Gasteiger partial charge in [0.15, 0.2) is 0 Å². The lowest BCUT2D eigenvalue weighted by molar-refractivity contribution is 0.217. The van der Waals surface area contributed by atoms with Gasteiger partial charge in [0.05, 0.1) is 0 Å². The molecule has 0 spiro atoms. The third kappa shape index (κ3) is 4.52. The molecule has 0 bridgehead atoms. The average molecular weight is 415 g/mol. The lowest BCUT2D eigenvalue weighted by Crippen LogP contribution is -2.37. The Bertz CT molecular complexity index is 1080. The summed E-state index contributed by atoms with van der Waals surface area (Å²) < 4.78 is 0. The van der Waals surface area contributed by atoms with E-state index in [9.17, 15) is 4.79 Å². The Morgan fingerprint density at radius 1 is 1.03 bits per heavy atom. The number of carbonyl (C=O) groups is 1. The number of para-hydroxylation sites is 1. The number of nitrogens with zero attached hydrogens (tertiary/aromatic N) is 2. The van der Waals surface area contributed by atoms with Crippen molar-refractivity contribution >= 4 is 28.2 Å². The molecule has 5 heteroatoms. The Morgan fingerprint density at radius 2 is 1.87 bits per heavy atom. The molecular formula is C26H30N4O. The van der Waals surface area contributed by atoms with Gasteiger partial charge in [0.25, 0.3) is 0 Å². The first-order chi connectivity index (χ1) is 15.3. The summed E-state index contributed by atoms with van der Waals surface area (Å²) in [6.45, 7) is 5.01. The number of urea groups is 1. The van der Waals surface area contributed by atoms with Crippen LogP contribution < -0.4 is 5.32 Å². The molecule has 0 atom stereocenters. The van der Waals surface area contributed by atoms with E-state index in [1.807, 2.05) is 35.2 Å². The molecule has 2 aliphatic rings. The van der Waals surface area contributed by atoms with E-state index in [0.717, 1.165) is 31.6 Å². The van der Waals surface area contributed by atoms with Crippen molar-refractivity contribution in [3.8, 4) is 0 Å². The van der Waals surface area contributed by atoms with E-state index in [1.54, 1.807) is 0 Å². The van der Waals surface area contributed by atoms with Gasteiger partial charge in [0.2, 0.25) is 0 Å². The number of hydrogen-bond acceptors (Lipinski definition) is 2. The Hall–Kier alpha value is -3.05. The lowest BCUT2D eigenvalue weighted by atomic mass is 9.97. The molecule has 1 fully saturated rings. The highest BCUT2D eigenvalue weighted by Crippen LogP contribution is 2.28. The Balaban J connectivity index is 1.26. The van der Waals surface area contributed by atoms with Gasteiger partial charge in [-0.2, -0.15) is 0 Å². The molecule has 1 saturated heterocycles. The second kappa shape index (κ2) is 8.98. The molecule has 3 aromatic rings. The number of likely N-dealkylation sites (tertiary alicyclic amines) is 1. The molecule has 0 saturated carbocycles. The van der Waals surface area contributed by atoms with Crippen molar-refractivity contribution in [2.45, 2.75) is 25.7 Å². The van der Waals surface area contributed by atoms with E-state index in [1.165, 1.54) is 53.5 Å². The largest absolute Gasteiger partial charge is 0.361 e. The lowest BCUT2D eigenvalue weighted by Gasteiger charge is -2.27. The maximum absolute atomic E-state index is 12.6. The quantitative estimate of drug-likeness (QED) is 0.608. The van der Waals surface area contributed by atoms with Crippen molar-refractivity contribution in [2.24, 2.45) is 0 Å². The molecule has 5 nitrogen and oxygen atoms in total. The van der Waals surface area contributed by atoms with E-state index in [4.69, 9.17) is 0 Å². The number of H-pyrrole nitrogens is 1. The van der Waals surface area contributed by atoms with Crippen LogP contribution in [0.5, 0.6) is 0 Å². The van der Waals surface area contributed by atoms with E-state index < -0.39 is 0 Å². The van der Waals surface area contributed by atoms with E-state index >= 15 is 0 Å². The standard InChI is InChI=1S/C26H30N4O/c31-26(28-23-6-2-1-3-7-23)30-16-11-20(12-17-30)21-8-9-25-24(18-21)22(19-27-25)10-15-29-13-4-5-14-29/h1-3,6-9,11,18-19,27H,4-5,10,12-17H2,(H,28,31). The summed E-state index contributed by atoms with van der Waals surface area (Å²) in [7, 11) is 0. The topological polar surface area (TPSA) is 51.4 Å². The van der Waals surface area contributed by atoms with Crippen LogP contribution in [-0.4, -0.2) is 53.5 Å². The molecule has 3 heterocycles. The van der Waals surface area contributed by atoms with Gasteiger partial charge in [-0.1, -0.05) is 30.3 Å². The minimum absolute atomic E-state index is 0.0354. The number of fused-ring (bicyclic) bond motifs is 1. The zero-order chi connectivity index (χ0) is 21.0. The maximum atomic E-state index is 12.6. The summed E-state index contributed by atoms with van der Waals surface area (Å²) in [6, 6.07) is 16.3. The number of hydrogen-bond donors (Lipinski definition) is 2. The number of aromatic amines is 1. The van der Waals surface area contributed by atoms with Crippen LogP contribution in [0.3, 0.4) is 0 Å². The average Bonchev–Trinajstić information content (AvgIpc) is 3.48. The van der Waals surface area contributed by atoms with Gasteiger partial charge in [-0.05, 0) is 79.7 Å². The maximum Gasteiger partial charge on any atom is 0.322 e. The van der Waals surface area contributed by atoms with Gasteiger partial charge < -0.3 is 20.1 Å². The summed E-state index contributed by atoms with van der Waals surface area (Å²) in [5.41, 5.74) is 6.06. The molecule has 0 radical (unpaired) electrons. The van der Waals surface area contributed by atoms with Gasteiger partial charge >= 0.3 is 6.03 Å². The highest BCUT2D eigenvalue weighted by molar-refractivity contribution is 5.90. The highest BCUT2D eigenvalue weighted by Gasteiger charge is 2.19. The molecule has 2 aromatic carbocycles. The summed E-state index contributed by atoms with van der Waals surface area (Å²) >= 11 is 0. The van der Waals surface area contributed by atoms with Crippen LogP contribution in [0.2, 0.25) is 0 Å². The van der Waals surface area contributed by atoms with Crippen LogP contribution >= 0.6 is 0 Å². The van der Waals surface area contributed by atoms with Crippen molar-refractivity contribution in [2.75, 3.05) is 38.0 Å². The zero-order valence-electron chi connectivity index (χ0n) is 17.9. The van der Waals surface area contributed by atoms with Crippen LogP contribution in [0.15, 0.2) is 60.8 Å². The van der Waals surface area contributed by atoms with Crippen LogP contribution in [-0.2, 0) is 6.42 Å². The smallest absolute Gasteiger partial charge is 0.322 e. The third-order valence-corrected chi connectivity index (χ3v) is 6.56. The predicted molar refractivity (Wildman–Crippen MR) is 127 cm³/mol. The van der Waals surface area contributed by atoms with Crippen LogP contribution in [0, 0.1) is 0 Å². The van der Waals surface area contributed by atoms with Crippen molar-refractivity contribution in [1.29, 1.82) is 0 Å². The van der Waals surface area contributed by atoms with Crippen LogP contribution in [0.1, 0.15) is 30.4 Å². The monoisotopic (exact) mass is 414 g/mol. The first-order valence-electron chi connectivity index (χ1n) is 11.4. The van der Waals surface area contributed by atoms with Gasteiger partial charge in [0, 0.05) is 42.4 Å². The summed E-state index contributed by atoms with van der Waals surface area (Å²) in [4.78, 5) is 20.4. The summed E-state index contributed by atoms with van der Waals surface area (Å²) in [5.74, 6) is 0. The number of rotatable bonds is 5. The molecule has 0 aliphatic carbocycles. The molecule has 1 aromatic heterocycles. The normalized spacial score (nSPS) is 17.2. The zero-order valence-corrected chi connectivity index (χ0v) is 17.9. The van der Waals surface area contributed by atoms with E-state index in [0.29, 0.717) is 6.54 Å². The predicted octanol–water partition coefficient (Wildman–Crippen LogP) is 5.13. The number of amides is 2. The van der Waals surface area contributed by atoms with Crippen molar-refractivity contribution in [3.05, 3.63) is 71.9 Å². The molecule has 0 unspecified atom stereocenters. The fourth-order valence-corrected chi connectivity index (χ4v) is 4.71. The Labute approximate surface area is 183 Å². The fraction of sp³-hybridized carbons (Fsp3) is 0.346. The molecule has 31 heavy (non-hydrogen) atoms. The van der Waals surface area contributed by atoms with Gasteiger partial charge in [-0.15, -0.1) is 0 Å². The van der Waals surface area contributed by atoms with E-state index in [-0.39, 0.29) is 6.03 Å². The molecule has 160 valence electrons. The number of nitrogens with one attached hydrogen (secondary N) is 2. The number of anilines is 1. The molecule has 2 amide bonds. The Kier molecular flexibility index (Phi) is 5.76. The first-order valence-corrected chi connectivity index (χ1v) is 11.4. The van der Waals surface area contributed by atoms with Crippen molar-refractivity contribution in [3.63, 3.8) is 0 Å². The SMILES string of the molecule is O=C(Nc1ccccc1)N1CC=C(c2ccc3[nH]cc(CCN4CCCC4)c3c2)CC1. The molecule has 5 rings (SSSR count). The van der Waals surface area contributed by atoms with Crippen molar-refractivity contribution in [1.82, 2.24) is 14.8 Å². The van der Waals surface area contributed by atoms with Gasteiger partial charge in [0.1, 0.15) is 0 Å².